The number of nitrogens with one attached hydrogen (secondary N) is 2. The van der Waals surface area contributed by atoms with Gasteiger partial charge in [-0.15, -0.1) is 0 Å². The summed E-state index contributed by atoms with van der Waals surface area (Å²) >= 11 is 12.1. The zero-order valence-corrected chi connectivity index (χ0v) is 17.5. The van der Waals surface area contributed by atoms with Gasteiger partial charge in [0.25, 0.3) is 5.91 Å². The van der Waals surface area contributed by atoms with Crippen LogP contribution in [0.4, 0.5) is 0 Å². The van der Waals surface area contributed by atoms with Crippen LogP contribution in [0.15, 0.2) is 24.4 Å². The fraction of sp³-hybridized carbons (Fsp3) is 0.353. The van der Waals surface area contributed by atoms with Gasteiger partial charge in [0.2, 0.25) is 0 Å². The molecule has 0 radical (unpaired) electrons. The van der Waals surface area contributed by atoms with Crippen molar-refractivity contribution >= 4 is 42.6 Å². The molecule has 0 bridgehead atoms. The molecular weight excluding hydrogens is 442 g/mol. The number of benzene rings is 1. The van der Waals surface area contributed by atoms with E-state index in [0.29, 0.717) is 18.4 Å². The molecule has 1 aromatic carbocycles. The molecule has 2 heterocycles. The lowest BCUT2D eigenvalue weighted by molar-refractivity contribution is 0.0915. The number of aromatic nitrogens is 2. The van der Waals surface area contributed by atoms with Gasteiger partial charge in [0.05, 0.1) is 21.8 Å². The summed E-state index contributed by atoms with van der Waals surface area (Å²) in [5.74, 6) is -0.781. The van der Waals surface area contributed by atoms with E-state index >= 15 is 0 Å². The summed E-state index contributed by atoms with van der Waals surface area (Å²) in [6, 6.07) is 4.52. The summed E-state index contributed by atoms with van der Waals surface area (Å²) in [6.45, 7) is 0.350. The van der Waals surface area contributed by atoms with Gasteiger partial charge in [0, 0.05) is 31.1 Å². The highest BCUT2D eigenvalue weighted by molar-refractivity contribution is 7.49. The van der Waals surface area contributed by atoms with Crippen LogP contribution in [0.1, 0.15) is 39.3 Å². The minimum atomic E-state index is -4.27. The predicted octanol–water partition coefficient (Wildman–Crippen LogP) is 2.43. The molecule has 29 heavy (non-hydrogen) atoms. The molecule has 1 aliphatic rings. The van der Waals surface area contributed by atoms with Crippen molar-refractivity contribution in [2.75, 3.05) is 13.1 Å². The largest absolute Gasteiger partial charge is 0.402 e. The molecule has 3 rings (SSSR count). The van der Waals surface area contributed by atoms with Gasteiger partial charge in [-0.05, 0) is 25.0 Å². The molecule has 2 aromatic rings. The highest BCUT2D eigenvalue weighted by atomic mass is 35.5. The van der Waals surface area contributed by atoms with Crippen LogP contribution in [-0.2, 0) is 11.0 Å². The molecule has 1 aromatic heterocycles. The number of nitrogens with zero attached hydrogens (tertiary/aromatic N) is 2. The Morgan fingerprint density at radius 3 is 2.45 bits per heavy atom. The summed E-state index contributed by atoms with van der Waals surface area (Å²) in [5, 5.41) is 9.73. The molecule has 0 aliphatic carbocycles. The Hall–Kier alpha value is -1.74. The third kappa shape index (κ3) is 5.25. The quantitative estimate of drug-likeness (QED) is 0.383. The van der Waals surface area contributed by atoms with Crippen molar-refractivity contribution in [3.63, 3.8) is 0 Å². The molecule has 1 amide bonds. The van der Waals surface area contributed by atoms with E-state index < -0.39 is 13.7 Å². The zero-order chi connectivity index (χ0) is 21.2. The highest BCUT2D eigenvalue weighted by Crippen LogP contribution is 2.41. The molecule has 4 N–H and O–H groups in total. The van der Waals surface area contributed by atoms with Gasteiger partial charge in [-0.2, -0.15) is 5.10 Å². The monoisotopic (exact) mass is 460 g/mol. The average Bonchev–Trinajstić information content (AvgIpc) is 3.09. The topological polar surface area (TPSA) is 136 Å². The van der Waals surface area contributed by atoms with E-state index in [9.17, 15) is 23.9 Å². The Kier molecular flexibility index (Phi) is 6.78. The van der Waals surface area contributed by atoms with Gasteiger partial charge in [-0.3, -0.25) is 14.7 Å². The van der Waals surface area contributed by atoms with Crippen LogP contribution in [0.3, 0.4) is 0 Å². The number of aromatic amines is 1. The third-order valence-corrected chi connectivity index (χ3v) is 6.48. The second-order valence-corrected chi connectivity index (χ2v) is 9.09. The van der Waals surface area contributed by atoms with Gasteiger partial charge in [-0.1, -0.05) is 29.3 Å². The number of H-pyrrole nitrogens is 1. The Balaban J connectivity index is 1.65. The van der Waals surface area contributed by atoms with E-state index in [1.165, 1.54) is 6.20 Å². The number of halogens is 2. The van der Waals surface area contributed by atoms with Crippen LogP contribution in [0.5, 0.6) is 0 Å². The van der Waals surface area contributed by atoms with Crippen LogP contribution in [-0.4, -0.2) is 55.5 Å². The summed E-state index contributed by atoms with van der Waals surface area (Å²) in [5.41, 5.74) is 0.739. The van der Waals surface area contributed by atoms with E-state index in [1.54, 1.807) is 18.2 Å². The van der Waals surface area contributed by atoms with Crippen molar-refractivity contribution in [2.24, 2.45) is 0 Å². The molecule has 156 valence electrons. The molecule has 12 heteroatoms. The molecule has 1 fully saturated rings. The van der Waals surface area contributed by atoms with Gasteiger partial charge < -0.3 is 15.1 Å². The summed E-state index contributed by atoms with van der Waals surface area (Å²) in [7, 11) is -4.27. The van der Waals surface area contributed by atoms with Crippen molar-refractivity contribution < 1.29 is 23.9 Å². The molecular formula is C17H19Cl2N4O5P. The SMILES string of the molecule is O=C(NC1CCN(P(=O)(O)O)CC1)c1[nH]ncc1CC(=O)c1c(Cl)cccc1Cl. The molecule has 1 aliphatic heterocycles. The van der Waals surface area contributed by atoms with Crippen LogP contribution in [0, 0.1) is 0 Å². The average molecular weight is 461 g/mol. The summed E-state index contributed by atoms with van der Waals surface area (Å²) in [6.07, 6.45) is 2.08. The maximum absolute atomic E-state index is 12.6. The number of Topliss-reactive ketones (excluding diaryl/α,β-unsaturated/α-hetero) is 1. The van der Waals surface area contributed by atoms with Gasteiger partial charge in [-0.25, -0.2) is 9.24 Å². The third-order valence-electron chi connectivity index (χ3n) is 4.71. The Morgan fingerprint density at radius 2 is 1.86 bits per heavy atom. The number of piperidine rings is 1. The molecule has 0 unspecified atom stereocenters. The van der Waals surface area contributed by atoms with E-state index in [4.69, 9.17) is 23.2 Å². The molecule has 0 atom stereocenters. The van der Waals surface area contributed by atoms with E-state index in [1.807, 2.05) is 0 Å². The minimum Gasteiger partial charge on any atom is -0.348 e. The lowest BCUT2D eigenvalue weighted by Gasteiger charge is -2.32. The number of ketones is 1. The first-order valence-electron chi connectivity index (χ1n) is 8.78. The number of hydrogen-bond acceptors (Lipinski definition) is 4. The van der Waals surface area contributed by atoms with Crippen molar-refractivity contribution in [3.8, 4) is 0 Å². The lowest BCUT2D eigenvalue weighted by Crippen LogP contribution is -2.43. The maximum atomic E-state index is 12.6. The number of carbonyl (C=O) groups excluding carboxylic acids is 2. The van der Waals surface area contributed by atoms with E-state index in [0.717, 1.165) is 4.67 Å². The standard InChI is InChI=1S/C17H19Cl2N4O5P/c18-12-2-1-3-13(19)15(12)14(24)8-10-9-20-22-16(10)17(25)21-11-4-6-23(7-5-11)29(26,27)28/h1-3,9,11H,4-8H2,(H,20,22)(H,21,25)(H2,26,27,28). The first-order chi connectivity index (χ1) is 13.7. The normalized spacial score (nSPS) is 16.0. The smallest absolute Gasteiger partial charge is 0.348 e. The molecule has 0 spiro atoms. The van der Waals surface area contributed by atoms with Crippen LogP contribution in [0.25, 0.3) is 0 Å². The van der Waals surface area contributed by atoms with Crippen molar-refractivity contribution in [3.05, 3.63) is 51.3 Å². The van der Waals surface area contributed by atoms with E-state index in [2.05, 4.69) is 15.5 Å². The number of hydrogen-bond donors (Lipinski definition) is 4. The Morgan fingerprint density at radius 1 is 1.24 bits per heavy atom. The first-order valence-corrected chi connectivity index (χ1v) is 11.1. The molecule has 9 nitrogen and oxygen atoms in total. The number of rotatable bonds is 6. The second-order valence-electron chi connectivity index (χ2n) is 6.68. The summed E-state index contributed by atoms with van der Waals surface area (Å²) < 4.78 is 12.4. The van der Waals surface area contributed by atoms with Gasteiger partial charge >= 0.3 is 7.75 Å². The van der Waals surface area contributed by atoms with E-state index in [-0.39, 0.29) is 52.6 Å². The fourth-order valence-electron chi connectivity index (χ4n) is 3.20. The van der Waals surface area contributed by atoms with Crippen molar-refractivity contribution in [1.29, 1.82) is 0 Å². The van der Waals surface area contributed by atoms with Crippen molar-refractivity contribution in [1.82, 2.24) is 20.2 Å². The highest BCUT2D eigenvalue weighted by Gasteiger charge is 2.31. The number of amides is 1. The van der Waals surface area contributed by atoms with Crippen molar-refractivity contribution in [2.45, 2.75) is 25.3 Å². The lowest BCUT2D eigenvalue weighted by atomic mass is 10.0. The van der Waals surface area contributed by atoms with Crippen LogP contribution < -0.4 is 5.32 Å². The Bertz CT molecular complexity index is 948. The fourth-order valence-corrected chi connectivity index (χ4v) is 4.56. The molecule has 0 saturated carbocycles. The summed E-state index contributed by atoms with van der Waals surface area (Å²) in [4.78, 5) is 43.6. The zero-order valence-electron chi connectivity index (χ0n) is 15.1. The van der Waals surface area contributed by atoms with Gasteiger partial charge in [0.1, 0.15) is 5.69 Å². The van der Waals surface area contributed by atoms with Crippen LogP contribution in [0.2, 0.25) is 10.0 Å². The molecule has 1 saturated heterocycles. The second kappa shape index (κ2) is 8.95. The maximum Gasteiger partial charge on any atom is 0.402 e. The van der Waals surface area contributed by atoms with Crippen LogP contribution >= 0.6 is 30.9 Å². The number of carbonyl (C=O) groups is 2. The van der Waals surface area contributed by atoms with Gasteiger partial charge in [0.15, 0.2) is 5.78 Å². The first kappa shape index (κ1) is 22.0. The predicted molar refractivity (Wildman–Crippen MR) is 107 cm³/mol. The minimum absolute atomic E-state index is 0.112. The Labute approximate surface area is 176 Å².